The van der Waals surface area contributed by atoms with Crippen LogP contribution in [-0.4, -0.2) is 43.1 Å². The second-order valence-corrected chi connectivity index (χ2v) is 6.34. The number of pyridine rings is 1. The number of hydrogen-bond acceptors (Lipinski definition) is 3. The van der Waals surface area contributed by atoms with E-state index in [-0.39, 0.29) is 0 Å². The van der Waals surface area contributed by atoms with E-state index in [1.54, 1.807) is 6.20 Å². The van der Waals surface area contributed by atoms with E-state index in [2.05, 4.69) is 46.1 Å². The number of anilines is 1. The van der Waals surface area contributed by atoms with Crippen molar-refractivity contribution in [3.8, 4) is 0 Å². The summed E-state index contributed by atoms with van der Waals surface area (Å²) in [6.45, 7) is 4.29. The molecular weight excluding hydrogens is 294 g/mol. The standard InChI is InChI=1S/C18H22ClN3/c1-21-8-5-9-22(11-10-21)18-16(13-20-14-17(18)19)12-15-6-3-2-4-7-15/h2-4,6-7,13-14H,5,8-12H2,1H3. The van der Waals surface area contributed by atoms with Gasteiger partial charge in [-0.2, -0.15) is 0 Å². The minimum absolute atomic E-state index is 0.762. The Balaban J connectivity index is 1.89. The maximum atomic E-state index is 6.50. The molecule has 0 spiro atoms. The van der Waals surface area contributed by atoms with Crippen molar-refractivity contribution < 1.29 is 0 Å². The van der Waals surface area contributed by atoms with E-state index in [1.807, 2.05) is 12.3 Å². The van der Waals surface area contributed by atoms with Crippen LogP contribution >= 0.6 is 11.6 Å². The first-order valence-electron chi connectivity index (χ1n) is 7.84. The third-order valence-electron chi connectivity index (χ3n) is 4.22. The molecule has 3 nitrogen and oxygen atoms in total. The summed E-state index contributed by atoms with van der Waals surface area (Å²) >= 11 is 6.50. The molecule has 4 heteroatoms. The Kier molecular flexibility index (Phi) is 4.96. The lowest BCUT2D eigenvalue weighted by molar-refractivity contribution is 0.360. The number of benzene rings is 1. The Morgan fingerprint density at radius 3 is 2.68 bits per heavy atom. The molecule has 22 heavy (non-hydrogen) atoms. The molecule has 116 valence electrons. The number of likely N-dealkylation sites (N-methyl/N-ethyl adjacent to an activating group) is 1. The number of rotatable bonds is 3. The zero-order valence-electron chi connectivity index (χ0n) is 13.0. The van der Waals surface area contributed by atoms with Crippen LogP contribution in [0.15, 0.2) is 42.7 Å². The summed E-state index contributed by atoms with van der Waals surface area (Å²) in [4.78, 5) is 9.11. The van der Waals surface area contributed by atoms with Crippen LogP contribution in [0.3, 0.4) is 0 Å². The minimum atomic E-state index is 0.762. The normalized spacial score (nSPS) is 16.5. The molecule has 0 N–H and O–H groups in total. The van der Waals surface area contributed by atoms with E-state index in [9.17, 15) is 0 Å². The summed E-state index contributed by atoms with van der Waals surface area (Å²) in [5.74, 6) is 0. The highest BCUT2D eigenvalue weighted by Crippen LogP contribution is 2.31. The van der Waals surface area contributed by atoms with Crippen molar-refractivity contribution in [2.24, 2.45) is 0 Å². The van der Waals surface area contributed by atoms with E-state index in [0.29, 0.717) is 0 Å². The highest BCUT2D eigenvalue weighted by Gasteiger charge is 2.18. The largest absolute Gasteiger partial charge is 0.369 e. The predicted octanol–water partition coefficient (Wildman–Crippen LogP) is 3.47. The van der Waals surface area contributed by atoms with Gasteiger partial charge in [-0.25, -0.2) is 0 Å². The van der Waals surface area contributed by atoms with Crippen molar-refractivity contribution in [2.75, 3.05) is 38.1 Å². The number of hydrogen-bond donors (Lipinski definition) is 0. The zero-order chi connectivity index (χ0) is 15.4. The summed E-state index contributed by atoms with van der Waals surface area (Å²) < 4.78 is 0. The highest BCUT2D eigenvalue weighted by molar-refractivity contribution is 6.33. The second kappa shape index (κ2) is 7.12. The zero-order valence-corrected chi connectivity index (χ0v) is 13.8. The molecule has 0 amide bonds. The molecule has 3 rings (SSSR count). The molecule has 0 bridgehead atoms. The van der Waals surface area contributed by atoms with Gasteiger partial charge < -0.3 is 9.80 Å². The van der Waals surface area contributed by atoms with Crippen LogP contribution < -0.4 is 4.90 Å². The topological polar surface area (TPSA) is 19.4 Å². The highest BCUT2D eigenvalue weighted by atomic mass is 35.5. The van der Waals surface area contributed by atoms with Crippen molar-refractivity contribution >= 4 is 17.3 Å². The molecule has 1 aromatic heterocycles. The van der Waals surface area contributed by atoms with E-state index < -0.39 is 0 Å². The van der Waals surface area contributed by atoms with Crippen LogP contribution in [0.2, 0.25) is 5.02 Å². The molecule has 1 fully saturated rings. The minimum Gasteiger partial charge on any atom is -0.369 e. The summed E-state index contributed by atoms with van der Waals surface area (Å²) in [5, 5.41) is 0.762. The second-order valence-electron chi connectivity index (χ2n) is 5.94. The van der Waals surface area contributed by atoms with Crippen molar-refractivity contribution in [1.82, 2.24) is 9.88 Å². The monoisotopic (exact) mass is 315 g/mol. The van der Waals surface area contributed by atoms with Crippen molar-refractivity contribution in [3.05, 3.63) is 58.9 Å². The smallest absolute Gasteiger partial charge is 0.0825 e. The molecule has 1 aromatic carbocycles. The Morgan fingerprint density at radius 1 is 1.05 bits per heavy atom. The Labute approximate surface area is 137 Å². The fraction of sp³-hybridized carbons (Fsp3) is 0.389. The number of aromatic nitrogens is 1. The molecule has 0 unspecified atom stereocenters. The molecule has 1 aliphatic rings. The molecular formula is C18H22ClN3. The van der Waals surface area contributed by atoms with Gasteiger partial charge in [-0.05, 0) is 31.1 Å². The van der Waals surface area contributed by atoms with Gasteiger partial charge in [-0.15, -0.1) is 0 Å². The molecule has 0 atom stereocenters. The lowest BCUT2D eigenvalue weighted by Gasteiger charge is -2.26. The van der Waals surface area contributed by atoms with Crippen molar-refractivity contribution in [2.45, 2.75) is 12.8 Å². The Morgan fingerprint density at radius 2 is 1.86 bits per heavy atom. The summed E-state index contributed by atoms with van der Waals surface area (Å²) in [7, 11) is 2.18. The van der Waals surface area contributed by atoms with Gasteiger partial charge in [0, 0.05) is 38.4 Å². The fourth-order valence-electron chi connectivity index (χ4n) is 3.04. The van der Waals surface area contributed by atoms with Gasteiger partial charge in [-0.3, -0.25) is 4.98 Å². The van der Waals surface area contributed by atoms with Gasteiger partial charge in [0.25, 0.3) is 0 Å². The van der Waals surface area contributed by atoms with Crippen molar-refractivity contribution in [3.63, 3.8) is 0 Å². The van der Waals surface area contributed by atoms with Gasteiger partial charge in [0.05, 0.1) is 10.7 Å². The first kappa shape index (κ1) is 15.3. The molecule has 2 heterocycles. The van der Waals surface area contributed by atoms with Crippen LogP contribution in [-0.2, 0) is 6.42 Å². The Bertz CT molecular complexity index is 615. The van der Waals surface area contributed by atoms with Gasteiger partial charge in [0.2, 0.25) is 0 Å². The van der Waals surface area contributed by atoms with E-state index in [1.165, 1.54) is 17.5 Å². The average Bonchev–Trinajstić information content (AvgIpc) is 2.73. The van der Waals surface area contributed by atoms with E-state index >= 15 is 0 Å². The van der Waals surface area contributed by atoms with Gasteiger partial charge >= 0.3 is 0 Å². The molecule has 1 saturated heterocycles. The average molecular weight is 316 g/mol. The summed E-state index contributed by atoms with van der Waals surface area (Å²) in [5.41, 5.74) is 3.67. The van der Waals surface area contributed by atoms with Crippen LogP contribution in [0.25, 0.3) is 0 Å². The lowest BCUT2D eigenvalue weighted by atomic mass is 10.0. The van der Waals surface area contributed by atoms with Crippen molar-refractivity contribution in [1.29, 1.82) is 0 Å². The first-order chi connectivity index (χ1) is 10.7. The SMILES string of the molecule is CN1CCCN(c2c(Cl)cncc2Cc2ccccc2)CC1. The quantitative estimate of drug-likeness (QED) is 0.864. The van der Waals surface area contributed by atoms with Crippen LogP contribution in [0.4, 0.5) is 5.69 Å². The van der Waals surface area contributed by atoms with Crippen LogP contribution in [0.1, 0.15) is 17.5 Å². The van der Waals surface area contributed by atoms with Crippen LogP contribution in [0, 0.1) is 0 Å². The summed E-state index contributed by atoms with van der Waals surface area (Å²) in [6, 6.07) is 10.5. The van der Waals surface area contributed by atoms with Gasteiger partial charge in [0.15, 0.2) is 0 Å². The van der Waals surface area contributed by atoms with Gasteiger partial charge in [-0.1, -0.05) is 41.9 Å². The maximum absolute atomic E-state index is 6.50. The Hall–Kier alpha value is -1.58. The third-order valence-corrected chi connectivity index (χ3v) is 4.50. The molecule has 2 aromatic rings. The summed E-state index contributed by atoms with van der Waals surface area (Å²) in [6.07, 6.45) is 5.76. The molecule has 1 aliphatic heterocycles. The third kappa shape index (κ3) is 3.60. The lowest BCUT2D eigenvalue weighted by Crippen LogP contribution is -2.29. The maximum Gasteiger partial charge on any atom is 0.0825 e. The predicted molar refractivity (Wildman–Crippen MR) is 92.8 cm³/mol. The molecule has 0 aliphatic carbocycles. The first-order valence-corrected chi connectivity index (χ1v) is 8.21. The number of nitrogens with zero attached hydrogens (tertiary/aromatic N) is 3. The fourth-order valence-corrected chi connectivity index (χ4v) is 3.33. The molecule has 0 saturated carbocycles. The van der Waals surface area contributed by atoms with Crippen LogP contribution in [0.5, 0.6) is 0 Å². The number of halogens is 1. The van der Waals surface area contributed by atoms with E-state index in [4.69, 9.17) is 11.6 Å². The molecule has 0 radical (unpaired) electrons. The van der Waals surface area contributed by atoms with Gasteiger partial charge in [0.1, 0.15) is 0 Å². The van der Waals surface area contributed by atoms with E-state index in [0.717, 1.165) is 43.3 Å².